The lowest BCUT2D eigenvalue weighted by atomic mass is 10.0. The molecular weight excluding hydrogens is 262 g/mol. The first-order chi connectivity index (χ1) is 9.32. The van der Waals surface area contributed by atoms with Gasteiger partial charge in [-0.3, -0.25) is 19.2 Å². The van der Waals surface area contributed by atoms with Gasteiger partial charge in [0.15, 0.2) is 5.78 Å². The van der Waals surface area contributed by atoms with Crippen LogP contribution in [0, 0.1) is 12.3 Å². The van der Waals surface area contributed by atoms with E-state index in [0.29, 0.717) is 6.42 Å². The Labute approximate surface area is 117 Å². The number of nitrogens with two attached hydrogens (primary N) is 1. The number of primary amides is 1. The zero-order chi connectivity index (χ0) is 15.3. The maximum Gasteiger partial charge on any atom is 0.226 e. The lowest BCUT2D eigenvalue weighted by Crippen LogP contribution is -2.44. The number of hydrogen-bond acceptors (Lipinski definition) is 4. The van der Waals surface area contributed by atoms with Gasteiger partial charge in [-0.1, -0.05) is 6.92 Å². The summed E-state index contributed by atoms with van der Waals surface area (Å²) in [5.41, 5.74) is 5.12. The van der Waals surface area contributed by atoms with Crippen LogP contribution in [-0.2, 0) is 19.2 Å². The van der Waals surface area contributed by atoms with Crippen LogP contribution in [0.3, 0.4) is 0 Å². The molecule has 1 rings (SSSR count). The number of nitrogens with zero attached hydrogens (tertiary/aromatic N) is 1. The molecule has 3 amide bonds. The standard InChI is InChI=1S/C13H20N3O4/c1-8(13(14)20)3-6-12(19)16(2)9-4-5-11(18)15-7-10(9)17/h6,8-9H,3-5,7H2,1-2H3,(H2,14,20)(H,15,18)/t8-,9-/m0/s1. The first-order valence-corrected chi connectivity index (χ1v) is 6.51. The van der Waals surface area contributed by atoms with E-state index < -0.39 is 17.9 Å². The van der Waals surface area contributed by atoms with Gasteiger partial charge in [-0.15, -0.1) is 0 Å². The highest BCUT2D eigenvalue weighted by Crippen LogP contribution is 2.13. The van der Waals surface area contributed by atoms with Gasteiger partial charge in [0.2, 0.25) is 17.7 Å². The molecule has 0 saturated carbocycles. The van der Waals surface area contributed by atoms with Crippen molar-refractivity contribution in [3.05, 3.63) is 6.42 Å². The third-order valence-corrected chi connectivity index (χ3v) is 3.42. The Bertz CT molecular complexity index is 422. The summed E-state index contributed by atoms with van der Waals surface area (Å²) in [6.45, 7) is 1.57. The maximum atomic E-state index is 12.0. The lowest BCUT2D eigenvalue weighted by Gasteiger charge is -2.25. The second-order valence-electron chi connectivity index (χ2n) is 4.99. The van der Waals surface area contributed by atoms with Gasteiger partial charge in [-0.25, -0.2) is 0 Å². The van der Waals surface area contributed by atoms with E-state index in [4.69, 9.17) is 5.73 Å². The molecule has 0 aromatic heterocycles. The first-order valence-electron chi connectivity index (χ1n) is 6.51. The largest absolute Gasteiger partial charge is 0.369 e. The zero-order valence-electron chi connectivity index (χ0n) is 11.7. The molecule has 3 N–H and O–H groups in total. The zero-order valence-corrected chi connectivity index (χ0v) is 11.7. The van der Waals surface area contributed by atoms with Gasteiger partial charge in [0.05, 0.1) is 19.0 Å². The monoisotopic (exact) mass is 282 g/mol. The van der Waals surface area contributed by atoms with Crippen molar-refractivity contribution in [3.8, 4) is 0 Å². The predicted octanol–water partition coefficient (Wildman–Crippen LogP) is -0.992. The van der Waals surface area contributed by atoms with Gasteiger partial charge >= 0.3 is 0 Å². The van der Waals surface area contributed by atoms with E-state index in [9.17, 15) is 19.2 Å². The number of ketones is 1. The average Bonchev–Trinajstić information content (AvgIpc) is 2.57. The Hall–Kier alpha value is -1.92. The minimum atomic E-state index is -0.610. The van der Waals surface area contributed by atoms with Gasteiger partial charge < -0.3 is 16.0 Å². The van der Waals surface area contributed by atoms with Crippen LogP contribution in [0.2, 0.25) is 0 Å². The molecule has 0 aliphatic carbocycles. The first kappa shape index (κ1) is 16.1. The average molecular weight is 282 g/mol. The van der Waals surface area contributed by atoms with Crippen molar-refractivity contribution >= 4 is 23.5 Å². The van der Waals surface area contributed by atoms with Crippen LogP contribution in [0.5, 0.6) is 0 Å². The van der Waals surface area contributed by atoms with E-state index in [0.717, 1.165) is 0 Å². The summed E-state index contributed by atoms with van der Waals surface area (Å²) in [4.78, 5) is 47.3. The molecule has 1 fully saturated rings. The molecule has 111 valence electrons. The molecule has 2 atom stereocenters. The summed E-state index contributed by atoms with van der Waals surface area (Å²) in [6, 6.07) is -0.610. The van der Waals surface area contributed by atoms with Crippen molar-refractivity contribution in [1.82, 2.24) is 10.2 Å². The second-order valence-corrected chi connectivity index (χ2v) is 4.99. The lowest BCUT2D eigenvalue weighted by molar-refractivity contribution is -0.135. The number of nitrogens with one attached hydrogen (secondary N) is 1. The Morgan fingerprint density at radius 2 is 2.15 bits per heavy atom. The summed E-state index contributed by atoms with van der Waals surface area (Å²) in [5, 5.41) is 2.49. The summed E-state index contributed by atoms with van der Waals surface area (Å²) in [7, 11) is 1.52. The number of amides is 3. The molecule has 0 aromatic carbocycles. The minimum absolute atomic E-state index is 0.0567. The molecule has 0 aromatic rings. The van der Waals surface area contributed by atoms with Gasteiger partial charge in [0.1, 0.15) is 0 Å². The van der Waals surface area contributed by atoms with Gasteiger partial charge in [0.25, 0.3) is 0 Å². The van der Waals surface area contributed by atoms with Crippen LogP contribution < -0.4 is 11.1 Å². The summed E-state index contributed by atoms with van der Waals surface area (Å²) in [6.07, 6.45) is 2.11. The van der Waals surface area contributed by atoms with Crippen molar-refractivity contribution in [2.75, 3.05) is 13.6 Å². The Morgan fingerprint density at radius 3 is 2.75 bits per heavy atom. The van der Waals surface area contributed by atoms with Crippen molar-refractivity contribution < 1.29 is 19.2 Å². The highest BCUT2D eigenvalue weighted by atomic mass is 16.2. The quantitative estimate of drug-likeness (QED) is 0.674. The fourth-order valence-electron chi connectivity index (χ4n) is 1.92. The summed E-state index contributed by atoms with van der Waals surface area (Å²) in [5.74, 6) is -1.63. The molecule has 1 aliphatic rings. The van der Waals surface area contributed by atoms with Crippen molar-refractivity contribution in [2.45, 2.75) is 32.2 Å². The smallest absolute Gasteiger partial charge is 0.226 e. The molecule has 1 aliphatic heterocycles. The molecule has 0 unspecified atom stereocenters. The molecule has 1 heterocycles. The number of carbonyl (C=O) groups excluding carboxylic acids is 4. The van der Waals surface area contributed by atoms with Crippen LogP contribution in [0.25, 0.3) is 0 Å². The molecule has 0 spiro atoms. The van der Waals surface area contributed by atoms with Gasteiger partial charge in [-0.2, -0.15) is 0 Å². The number of hydrogen-bond donors (Lipinski definition) is 2. The summed E-state index contributed by atoms with van der Waals surface area (Å²) < 4.78 is 0. The van der Waals surface area contributed by atoms with E-state index in [1.54, 1.807) is 6.92 Å². The van der Waals surface area contributed by atoms with Crippen molar-refractivity contribution in [3.63, 3.8) is 0 Å². The Balaban J connectivity index is 2.56. The van der Waals surface area contributed by atoms with E-state index in [1.807, 2.05) is 0 Å². The van der Waals surface area contributed by atoms with E-state index in [1.165, 1.54) is 18.4 Å². The summed E-state index contributed by atoms with van der Waals surface area (Å²) >= 11 is 0. The minimum Gasteiger partial charge on any atom is -0.369 e. The van der Waals surface area contributed by atoms with Crippen LogP contribution in [-0.4, -0.2) is 48.0 Å². The fourth-order valence-corrected chi connectivity index (χ4v) is 1.92. The highest BCUT2D eigenvalue weighted by molar-refractivity contribution is 5.96. The van der Waals surface area contributed by atoms with Crippen molar-refractivity contribution in [1.29, 1.82) is 0 Å². The number of rotatable bonds is 5. The molecule has 1 radical (unpaired) electrons. The number of likely N-dealkylation sites (N-methyl/N-ethyl adjacent to an activating group) is 1. The van der Waals surface area contributed by atoms with E-state index >= 15 is 0 Å². The molecular formula is C13H20N3O4. The van der Waals surface area contributed by atoms with Gasteiger partial charge in [0, 0.05) is 19.4 Å². The molecule has 0 bridgehead atoms. The SMILES string of the molecule is C[C@@H](C[CH]C(=O)N(C)[C@H]1CCC(=O)NCC1=O)C(N)=O. The number of carbonyl (C=O) groups is 4. The molecule has 7 nitrogen and oxygen atoms in total. The van der Waals surface area contributed by atoms with Crippen molar-refractivity contribution in [2.24, 2.45) is 11.7 Å². The highest BCUT2D eigenvalue weighted by Gasteiger charge is 2.29. The third kappa shape index (κ3) is 4.32. The van der Waals surface area contributed by atoms with E-state index in [-0.39, 0.29) is 37.0 Å². The Kier molecular flexibility index (Phi) is 5.66. The van der Waals surface area contributed by atoms with Crippen LogP contribution in [0.15, 0.2) is 0 Å². The maximum absolute atomic E-state index is 12.0. The van der Waals surface area contributed by atoms with Crippen LogP contribution >= 0.6 is 0 Å². The van der Waals surface area contributed by atoms with Crippen LogP contribution in [0.1, 0.15) is 26.2 Å². The molecule has 1 saturated heterocycles. The van der Waals surface area contributed by atoms with Crippen LogP contribution in [0.4, 0.5) is 0 Å². The van der Waals surface area contributed by atoms with E-state index in [2.05, 4.69) is 5.32 Å². The fraction of sp³-hybridized carbons (Fsp3) is 0.615. The topological polar surface area (TPSA) is 110 Å². The second kappa shape index (κ2) is 7.02. The molecule has 7 heteroatoms. The number of Topliss-reactive ketones (excluding diaryl/α,β-unsaturated/α-hetero) is 1. The Morgan fingerprint density at radius 1 is 1.50 bits per heavy atom. The normalized spacial score (nSPS) is 20.8. The predicted molar refractivity (Wildman–Crippen MR) is 71.1 cm³/mol. The molecule has 20 heavy (non-hydrogen) atoms. The third-order valence-electron chi connectivity index (χ3n) is 3.42. The van der Waals surface area contributed by atoms with Gasteiger partial charge in [-0.05, 0) is 12.8 Å².